The first kappa shape index (κ1) is 19.7. The molecule has 3 amide bonds. The molecule has 30 heavy (non-hydrogen) atoms. The third kappa shape index (κ3) is 4.20. The quantitative estimate of drug-likeness (QED) is 0.572. The number of fused-ring (bicyclic) bond motifs is 1. The molecule has 4 rings (SSSR count). The predicted molar refractivity (Wildman–Crippen MR) is 117 cm³/mol. The average molecular weight is 403 g/mol. The molecule has 154 valence electrons. The Kier molecular flexibility index (Phi) is 5.79. The van der Waals surface area contributed by atoms with E-state index in [0.29, 0.717) is 17.1 Å². The number of carbonyl (C=O) groups is 2. The van der Waals surface area contributed by atoms with Crippen molar-refractivity contribution >= 4 is 23.3 Å². The summed E-state index contributed by atoms with van der Waals surface area (Å²) in [5.41, 5.74) is 4.94. The number of anilines is 2. The highest BCUT2D eigenvalue weighted by atomic mass is 16.2. The largest absolute Gasteiger partial charge is 0.341 e. The van der Waals surface area contributed by atoms with E-state index in [9.17, 15) is 9.59 Å². The minimum atomic E-state index is -0.291. The molecule has 2 aromatic carbocycles. The molecule has 0 saturated heterocycles. The van der Waals surface area contributed by atoms with Gasteiger partial charge in [-0.25, -0.2) is 9.48 Å². The number of hydrogen-bond donors (Lipinski definition) is 3. The van der Waals surface area contributed by atoms with Gasteiger partial charge in [-0.15, -0.1) is 0 Å². The Bertz CT molecular complexity index is 1040. The van der Waals surface area contributed by atoms with Gasteiger partial charge in [0.25, 0.3) is 5.91 Å². The van der Waals surface area contributed by atoms with Crippen LogP contribution in [-0.4, -0.2) is 28.8 Å². The van der Waals surface area contributed by atoms with Gasteiger partial charge in [0.1, 0.15) is 0 Å². The normalized spacial score (nSPS) is 13.1. The summed E-state index contributed by atoms with van der Waals surface area (Å²) < 4.78 is 1.92. The van der Waals surface area contributed by atoms with Gasteiger partial charge in [0.15, 0.2) is 5.69 Å². The summed E-state index contributed by atoms with van der Waals surface area (Å²) in [5.74, 6) is -0.213. The number of aromatic nitrogens is 2. The summed E-state index contributed by atoms with van der Waals surface area (Å²) in [4.78, 5) is 24.5. The Morgan fingerprint density at radius 1 is 0.867 bits per heavy atom. The van der Waals surface area contributed by atoms with Crippen molar-refractivity contribution in [3.63, 3.8) is 0 Å². The first-order valence-electron chi connectivity index (χ1n) is 10.2. The van der Waals surface area contributed by atoms with Gasteiger partial charge in [-0.05, 0) is 62.1 Å². The molecule has 0 atom stereocenters. The van der Waals surface area contributed by atoms with Gasteiger partial charge in [-0.3, -0.25) is 4.79 Å². The van der Waals surface area contributed by atoms with Gasteiger partial charge in [-0.2, -0.15) is 5.10 Å². The topological polar surface area (TPSA) is 88.1 Å². The number of nitrogens with zero attached hydrogens (tertiary/aromatic N) is 2. The maximum Gasteiger partial charge on any atom is 0.318 e. The van der Waals surface area contributed by atoms with Crippen LogP contribution in [0.25, 0.3) is 5.69 Å². The Morgan fingerprint density at radius 2 is 1.53 bits per heavy atom. The maximum atomic E-state index is 13.1. The second-order valence-electron chi connectivity index (χ2n) is 7.32. The molecule has 1 heterocycles. The van der Waals surface area contributed by atoms with Crippen LogP contribution in [0.5, 0.6) is 0 Å². The summed E-state index contributed by atoms with van der Waals surface area (Å²) in [7, 11) is 1.56. The highest BCUT2D eigenvalue weighted by Crippen LogP contribution is 2.27. The van der Waals surface area contributed by atoms with Crippen LogP contribution in [0.1, 0.15) is 41.0 Å². The monoisotopic (exact) mass is 403 g/mol. The lowest BCUT2D eigenvalue weighted by Crippen LogP contribution is -2.24. The summed E-state index contributed by atoms with van der Waals surface area (Å²) in [6.45, 7) is 0. The summed E-state index contributed by atoms with van der Waals surface area (Å²) in [6.07, 6.45) is 5.11. The zero-order chi connectivity index (χ0) is 20.9. The number of rotatable bonds is 4. The van der Waals surface area contributed by atoms with Crippen molar-refractivity contribution in [3.05, 3.63) is 71.5 Å². The number of benzene rings is 2. The van der Waals surface area contributed by atoms with E-state index in [0.717, 1.165) is 49.0 Å². The van der Waals surface area contributed by atoms with Crippen molar-refractivity contribution in [2.24, 2.45) is 0 Å². The Hall–Kier alpha value is -3.61. The number of hydrogen-bond acceptors (Lipinski definition) is 3. The second-order valence-corrected chi connectivity index (χ2v) is 7.32. The van der Waals surface area contributed by atoms with E-state index >= 15 is 0 Å². The Morgan fingerprint density at radius 3 is 2.23 bits per heavy atom. The average Bonchev–Trinajstić information content (AvgIpc) is 2.96. The van der Waals surface area contributed by atoms with Crippen molar-refractivity contribution < 1.29 is 9.59 Å². The van der Waals surface area contributed by atoms with Crippen LogP contribution in [0, 0.1) is 0 Å². The summed E-state index contributed by atoms with van der Waals surface area (Å²) >= 11 is 0. The molecule has 0 bridgehead atoms. The molecule has 0 radical (unpaired) electrons. The SMILES string of the molecule is CNC(=O)Nc1ccc(NC(=O)c2nn(-c3ccccc3)c3c2CCCCC3)cc1. The summed E-state index contributed by atoms with van der Waals surface area (Å²) in [6, 6.07) is 16.7. The molecule has 7 nitrogen and oxygen atoms in total. The molecule has 0 spiro atoms. The Balaban J connectivity index is 1.59. The van der Waals surface area contributed by atoms with Crippen LogP contribution in [-0.2, 0) is 12.8 Å². The molecule has 1 aliphatic rings. The molecule has 1 aliphatic carbocycles. The molecule has 3 aromatic rings. The molecular weight excluding hydrogens is 378 g/mol. The third-order valence-electron chi connectivity index (χ3n) is 5.27. The van der Waals surface area contributed by atoms with Crippen molar-refractivity contribution in [1.82, 2.24) is 15.1 Å². The fraction of sp³-hybridized carbons (Fsp3) is 0.261. The van der Waals surface area contributed by atoms with Gasteiger partial charge in [0.05, 0.1) is 5.69 Å². The van der Waals surface area contributed by atoms with Gasteiger partial charge in [-0.1, -0.05) is 24.6 Å². The highest BCUT2D eigenvalue weighted by molar-refractivity contribution is 6.04. The lowest BCUT2D eigenvalue weighted by atomic mass is 10.1. The number of carbonyl (C=O) groups excluding carboxylic acids is 2. The minimum absolute atomic E-state index is 0.213. The van der Waals surface area contributed by atoms with Gasteiger partial charge < -0.3 is 16.0 Å². The van der Waals surface area contributed by atoms with E-state index in [1.165, 1.54) is 0 Å². The van der Waals surface area contributed by atoms with E-state index in [2.05, 4.69) is 16.0 Å². The number of nitrogens with one attached hydrogen (secondary N) is 3. The van der Waals surface area contributed by atoms with Crippen LogP contribution in [0.15, 0.2) is 54.6 Å². The van der Waals surface area contributed by atoms with E-state index < -0.39 is 0 Å². The maximum absolute atomic E-state index is 13.1. The van der Waals surface area contributed by atoms with Crippen LogP contribution >= 0.6 is 0 Å². The standard InChI is InChI=1S/C23H25N5O2/c1-24-23(30)26-17-14-12-16(13-15-17)25-22(29)21-19-10-6-3-7-11-20(19)28(27-21)18-8-4-2-5-9-18/h2,4-5,8-9,12-15H,3,6-7,10-11H2,1H3,(H,25,29)(H2,24,26,30). The minimum Gasteiger partial charge on any atom is -0.341 e. The van der Waals surface area contributed by atoms with E-state index in [-0.39, 0.29) is 11.9 Å². The molecule has 1 aromatic heterocycles. The smallest absolute Gasteiger partial charge is 0.318 e. The van der Waals surface area contributed by atoms with Crippen molar-refractivity contribution in [3.8, 4) is 5.69 Å². The van der Waals surface area contributed by atoms with Gasteiger partial charge in [0, 0.05) is 29.7 Å². The van der Waals surface area contributed by atoms with Crippen LogP contribution in [0.2, 0.25) is 0 Å². The predicted octanol–water partition coefficient (Wildman–Crippen LogP) is 4.14. The number of para-hydroxylation sites is 1. The molecule has 0 aliphatic heterocycles. The fourth-order valence-corrected chi connectivity index (χ4v) is 3.76. The zero-order valence-electron chi connectivity index (χ0n) is 16.9. The molecule has 0 unspecified atom stereocenters. The number of amides is 3. The van der Waals surface area contributed by atoms with Crippen molar-refractivity contribution in [1.29, 1.82) is 0 Å². The van der Waals surface area contributed by atoms with Gasteiger partial charge in [0.2, 0.25) is 0 Å². The highest BCUT2D eigenvalue weighted by Gasteiger charge is 2.24. The molecular formula is C23H25N5O2. The van der Waals surface area contributed by atoms with Crippen LogP contribution in [0.4, 0.5) is 16.2 Å². The molecule has 0 fully saturated rings. The Labute approximate surface area is 175 Å². The van der Waals surface area contributed by atoms with Gasteiger partial charge >= 0.3 is 6.03 Å². The number of urea groups is 1. The summed E-state index contributed by atoms with van der Waals surface area (Å²) in [5, 5.41) is 12.8. The second kappa shape index (κ2) is 8.82. The molecule has 7 heteroatoms. The van der Waals surface area contributed by atoms with E-state index in [4.69, 9.17) is 5.10 Å². The molecule has 3 N–H and O–H groups in total. The van der Waals surface area contributed by atoms with E-state index in [1.807, 2.05) is 35.0 Å². The zero-order valence-corrected chi connectivity index (χ0v) is 16.9. The third-order valence-corrected chi connectivity index (χ3v) is 5.27. The lowest BCUT2D eigenvalue weighted by molar-refractivity contribution is 0.102. The van der Waals surface area contributed by atoms with E-state index in [1.54, 1.807) is 31.3 Å². The lowest BCUT2D eigenvalue weighted by Gasteiger charge is -2.07. The van der Waals surface area contributed by atoms with Crippen LogP contribution < -0.4 is 16.0 Å². The first-order valence-corrected chi connectivity index (χ1v) is 10.2. The van der Waals surface area contributed by atoms with Crippen molar-refractivity contribution in [2.75, 3.05) is 17.7 Å². The van der Waals surface area contributed by atoms with Crippen LogP contribution in [0.3, 0.4) is 0 Å². The first-order chi connectivity index (χ1) is 14.7. The van der Waals surface area contributed by atoms with Crippen molar-refractivity contribution in [2.45, 2.75) is 32.1 Å². The fourth-order valence-electron chi connectivity index (χ4n) is 3.76. The molecule has 0 saturated carbocycles.